The summed E-state index contributed by atoms with van der Waals surface area (Å²) in [5, 5.41) is 19.5. The summed E-state index contributed by atoms with van der Waals surface area (Å²) >= 11 is 0. The second-order valence-corrected chi connectivity index (χ2v) is 10.6. The zero-order valence-electron chi connectivity index (χ0n) is 23.1. The van der Waals surface area contributed by atoms with Crippen LogP contribution in [0.5, 0.6) is 5.75 Å². The molecule has 4 rings (SSSR count). The van der Waals surface area contributed by atoms with Crippen LogP contribution in [0.4, 0.5) is 4.39 Å². The topological polar surface area (TPSA) is 120 Å². The lowest BCUT2D eigenvalue weighted by Crippen LogP contribution is -2.60. The van der Waals surface area contributed by atoms with E-state index in [0.717, 1.165) is 24.2 Å². The third-order valence-corrected chi connectivity index (χ3v) is 7.45. The van der Waals surface area contributed by atoms with Gasteiger partial charge in [0.15, 0.2) is 0 Å². The molecule has 9 nitrogen and oxygen atoms in total. The molecule has 1 aliphatic heterocycles. The number of para-hydroxylation sites is 1. The Bertz CT molecular complexity index is 1170. The second-order valence-electron chi connectivity index (χ2n) is 10.6. The Balaban J connectivity index is 1.59. The smallest absolute Gasteiger partial charge is 0.246 e. The van der Waals surface area contributed by atoms with Crippen molar-refractivity contribution in [1.29, 1.82) is 0 Å². The number of aryl methyl sites for hydroxylation is 1. The molecule has 1 unspecified atom stereocenters. The van der Waals surface area contributed by atoms with Crippen LogP contribution < -0.4 is 20.7 Å². The summed E-state index contributed by atoms with van der Waals surface area (Å²) in [4.78, 5) is 41.6. The van der Waals surface area contributed by atoms with Crippen LogP contribution in [0.1, 0.15) is 37.3 Å². The van der Waals surface area contributed by atoms with Crippen molar-refractivity contribution < 1.29 is 28.6 Å². The highest BCUT2D eigenvalue weighted by Gasteiger charge is 2.41. The van der Waals surface area contributed by atoms with E-state index < -0.39 is 41.9 Å². The third-order valence-electron chi connectivity index (χ3n) is 7.45. The van der Waals surface area contributed by atoms with Crippen molar-refractivity contribution >= 4 is 17.7 Å². The quantitative estimate of drug-likeness (QED) is 0.456. The number of halogens is 1. The number of ether oxygens (including phenoxy) is 1. The van der Waals surface area contributed by atoms with Crippen LogP contribution in [0.15, 0.2) is 48.5 Å². The van der Waals surface area contributed by atoms with Gasteiger partial charge in [-0.3, -0.25) is 14.4 Å². The van der Waals surface area contributed by atoms with Gasteiger partial charge in [-0.05, 0) is 67.9 Å². The standard InChI is InChI=1S/C30H39FN4O5/c1-19(36)27-29(38)34-24(18-20-9-13-23(31)14-10-20)28(37)33-15-5-7-21-6-3-4-8-25(21)40-17-16-32-26(22-11-12-22)30(39)35(27)2/h3-4,6,8-10,13-14,19,22,24,26-27,32,36H,5,7,11-12,15-18H2,1-2H3,(H,33,37)(H,34,38)/t19?,24-,26+,27+/m1/s1. The van der Waals surface area contributed by atoms with Crippen LogP contribution in [0, 0.1) is 11.7 Å². The van der Waals surface area contributed by atoms with E-state index in [4.69, 9.17) is 4.74 Å². The number of amides is 3. The number of rotatable bonds is 4. The number of hydrogen-bond donors (Lipinski definition) is 4. The average Bonchev–Trinajstić information content (AvgIpc) is 3.77. The zero-order chi connectivity index (χ0) is 28.6. The van der Waals surface area contributed by atoms with Gasteiger partial charge in [0.1, 0.15) is 30.3 Å². The van der Waals surface area contributed by atoms with E-state index in [2.05, 4.69) is 16.0 Å². The predicted molar refractivity (Wildman–Crippen MR) is 148 cm³/mol. The maximum atomic E-state index is 13.6. The largest absolute Gasteiger partial charge is 0.492 e. The molecule has 0 saturated heterocycles. The minimum Gasteiger partial charge on any atom is -0.492 e. The van der Waals surface area contributed by atoms with Gasteiger partial charge in [0.25, 0.3) is 0 Å². The minimum atomic E-state index is -1.21. The van der Waals surface area contributed by atoms with Crippen molar-refractivity contribution in [3.63, 3.8) is 0 Å². The number of nitrogens with zero attached hydrogens (tertiary/aromatic N) is 1. The van der Waals surface area contributed by atoms with Gasteiger partial charge in [0, 0.05) is 26.6 Å². The molecule has 2 aliphatic rings. The lowest BCUT2D eigenvalue weighted by atomic mass is 10.0. The van der Waals surface area contributed by atoms with Crippen molar-refractivity contribution in [3.8, 4) is 5.75 Å². The Morgan fingerprint density at radius 1 is 1.05 bits per heavy atom. The Labute approximate surface area is 234 Å². The van der Waals surface area contributed by atoms with Gasteiger partial charge in [-0.2, -0.15) is 0 Å². The number of nitrogens with one attached hydrogen (secondary N) is 3. The van der Waals surface area contributed by atoms with Crippen LogP contribution >= 0.6 is 0 Å². The molecule has 1 aliphatic carbocycles. The number of carbonyl (C=O) groups is 3. The number of hydrogen-bond acceptors (Lipinski definition) is 6. The Morgan fingerprint density at radius 2 is 1.77 bits per heavy atom. The first kappa shape index (κ1) is 29.5. The lowest BCUT2D eigenvalue weighted by molar-refractivity contribution is -0.145. The van der Waals surface area contributed by atoms with Crippen molar-refractivity contribution in [2.45, 2.75) is 63.3 Å². The van der Waals surface area contributed by atoms with Crippen LogP contribution in [-0.2, 0) is 27.2 Å². The van der Waals surface area contributed by atoms with Gasteiger partial charge in [0.2, 0.25) is 17.7 Å². The molecule has 216 valence electrons. The highest BCUT2D eigenvalue weighted by molar-refractivity contribution is 5.93. The molecule has 1 fully saturated rings. The first-order valence-electron chi connectivity index (χ1n) is 14.0. The molecule has 0 aromatic heterocycles. The van der Waals surface area contributed by atoms with Crippen LogP contribution in [-0.4, -0.2) is 78.7 Å². The molecule has 1 saturated carbocycles. The SMILES string of the molecule is CC(O)[C@H]1C(=O)N[C@H](Cc2ccc(F)cc2)C(=O)NCCCc2ccccc2OCCN[C@@H](C2CC2)C(=O)N1C. The Hall–Kier alpha value is -3.50. The maximum absolute atomic E-state index is 13.6. The van der Waals surface area contributed by atoms with Gasteiger partial charge in [0.05, 0.1) is 12.1 Å². The highest BCUT2D eigenvalue weighted by atomic mass is 19.1. The minimum absolute atomic E-state index is 0.116. The molecule has 40 heavy (non-hydrogen) atoms. The molecular formula is C30H39FN4O5. The van der Waals surface area contributed by atoms with Gasteiger partial charge < -0.3 is 30.7 Å². The van der Waals surface area contributed by atoms with E-state index in [0.29, 0.717) is 38.1 Å². The average molecular weight is 555 g/mol. The summed E-state index contributed by atoms with van der Waals surface area (Å²) in [5.74, 6) is -0.842. The molecule has 4 N–H and O–H groups in total. The molecule has 3 amide bonds. The van der Waals surface area contributed by atoms with Gasteiger partial charge in [-0.25, -0.2) is 4.39 Å². The molecule has 2 aromatic rings. The van der Waals surface area contributed by atoms with E-state index in [1.165, 1.54) is 31.0 Å². The fourth-order valence-corrected chi connectivity index (χ4v) is 5.12. The number of likely N-dealkylation sites (N-methyl/N-ethyl adjacent to an activating group) is 1. The summed E-state index contributed by atoms with van der Waals surface area (Å²) in [6, 6.07) is 10.7. The fourth-order valence-electron chi connectivity index (χ4n) is 5.12. The molecule has 10 heteroatoms. The number of aliphatic hydroxyl groups is 1. The molecule has 0 bridgehead atoms. The van der Waals surface area contributed by atoms with E-state index in [-0.39, 0.29) is 18.2 Å². The lowest BCUT2D eigenvalue weighted by Gasteiger charge is -2.33. The summed E-state index contributed by atoms with van der Waals surface area (Å²) in [6.45, 7) is 2.61. The van der Waals surface area contributed by atoms with E-state index in [1.54, 1.807) is 12.1 Å². The van der Waals surface area contributed by atoms with E-state index >= 15 is 0 Å². The fraction of sp³-hybridized carbons (Fsp3) is 0.500. The van der Waals surface area contributed by atoms with Gasteiger partial charge in [-0.15, -0.1) is 0 Å². The first-order valence-corrected chi connectivity index (χ1v) is 14.0. The zero-order valence-corrected chi connectivity index (χ0v) is 23.1. The molecular weight excluding hydrogens is 515 g/mol. The van der Waals surface area contributed by atoms with Crippen molar-refractivity contribution in [2.24, 2.45) is 5.92 Å². The molecule has 0 spiro atoms. The van der Waals surface area contributed by atoms with Crippen molar-refractivity contribution in [1.82, 2.24) is 20.9 Å². The predicted octanol–water partition coefficient (Wildman–Crippen LogP) is 1.57. The summed E-state index contributed by atoms with van der Waals surface area (Å²) in [5.41, 5.74) is 1.68. The highest BCUT2D eigenvalue weighted by Crippen LogP contribution is 2.33. The molecule has 4 atom stereocenters. The number of aliphatic hydroxyl groups excluding tert-OH is 1. The normalized spacial score (nSPS) is 24.6. The summed E-state index contributed by atoms with van der Waals surface area (Å²) in [7, 11) is 1.50. The van der Waals surface area contributed by atoms with E-state index in [1.807, 2.05) is 24.3 Å². The number of fused-ring (bicyclic) bond motifs is 1. The van der Waals surface area contributed by atoms with Crippen LogP contribution in [0.2, 0.25) is 0 Å². The molecule has 2 aromatic carbocycles. The maximum Gasteiger partial charge on any atom is 0.246 e. The van der Waals surface area contributed by atoms with Crippen molar-refractivity contribution in [2.75, 3.05) is 26.7 Å². The third kappa shape index (κ3) is 7.79. The first-order chi connectivity index (χ1) is 19.2. The second kappa shape index (κ2) is 13.7. The van der Waals surface area contributed by atoms with Crippen LogP contribution in [0.3, 0.4) is 0 Å². The van der Waals surface area contributed by atoms with Gasteiger partial charge >= 0.3 is 0 Å². The van der Waals surface area contributed by atoms with Crippen LogP contribution in [0.25, 0.3) is 0 Å². The Kier molecular flexibility index (Phi) is 10.1. The molecule has 1 heterocycles. The van der Waals surface area contributed by atoms with E-state index in [9.17, 15) is 23.9 Å². The van der Waals surface area contributed by atoms with Gasteiger partial charge in [-0.1, -0.05) is 30.3 Å². The monoisotopic (exact) mass is 554 g/mol. The Morgan fingerprint density at radius 3 is 2.48 bits per heavy atom. The number of carbonyl (C=O) groups excluding carboxylic acids is 3. The summed E-state index contributed by atoms with van der Waals surface area (Å²) in [6.07, 6.45) is 2.05. The number of benzene rings is 2. The van der Waals surface area contributed by atoms with Crippen molar-refractivity contribution in [3.05, 3.63) is 65.5 Å². The molecule has 0 radical (unpaired) electrons. The summed E-state index contributed by atoms with van der Waals surface area (Å²) < 4.78 is 19.5.